The molecule has 0 heterocycles. The van der Waals surface area contributed by atoms with Crippen molar-refractivity contribution in [3.05, 3.63) is 48.0 Å². The van der Waals surface area contributed by atoms with E-state index in [0.717, 1.165) is 21.8 Å². The number of likely N-dealkylation sites (N-methyl/N-ethyl adjacent to an activating group) is 1. The van der Waals surface area contributed by atoms with E-state index in [9.17, 15) is 9.90 Å². The van der Waals surface area contributed by atoms with E-state index in [0.29, 0.717) is 0 Å². The highest BCUT2D eigenvalue weighted by Gasteiger charge is 2.02. The molecule has 0 radical (unpaired) electrons. The summed E-state index contributed by atoms with van der Waals surface area (Å²) in [5.74, 6) is -1.13. The molecule has 0 saturated carbocycles. The van der Waals surface area contributed by atoms with Crippen molar-refractivity contribution in [2.45, 2.75) is 0 Å². The zero-order chi connectivity index (χ0) is 15.2. The van der Waals surface area contributed by atoms with Gasteiger partial charge in [0.15, 0.2) is 0 Å². The third-order valence-electron chi connectivity index (χ3n) is 2.76. The van der Waals surface area contributed by atoms with Gasteiger partial charge in [-0.25, -0.2) is 0 Å². The number of quaternary nitrogens is 1. The number of fused-ring (bicyclic) bond motifs is 1. The Bertz CT molecular complexity index is 573. The van der Waals surface area contributed by atoms with E-state index < -0.39 is 5.97 Å². The quantitative estimate of drug-likeness (QED) is 0.846. The maximum absolute atomic E-state index is 10.5. The number of aliphatic hydroxyl groups excluding tert-OH is 1. The van der Waals surface area contributed by atoms with Gasteiger partial charge in [0.1, 0.15) is 6.54 Å². The molecule has 0 aliphatic rings. The Balaban J connectivity index is 0.000000246. The van der Waals surface area contributed by atoms with Gasteiger partial charge in [-0.05, 0) is 22.4 Å². The van der Waals surface area contributed by atoms with Crippen molar-refractivity contribution < 1.29 is 19.5 Å². The summed E-state index contributed by atoms with van der Waals surface area (Å²) in [6, 6.07) is 12.6. The van der Waals surface area contributed by atoms with Crippen molar-refractivity contribution >= 4 is 16.7 Å². The fourth-order valence-electron chi connectivity index (χ4n) is 1.62. The van der Waals surface area contributed by atoms with Crippen LogP contribution in [0.2, 0.25) is 0 Å². The van der Waals surface area contributed by atoms with Crippen molar-refractivity contribution in [3.63, 3.8) is 0 Å². The average Bonchev–Trinajstić information content (AvgIpc) is 2.37. The first-order chi connectivity index (χ1) is 9.33. The van der Waals surface area contributed by atoms with Crippen LogP contribution >= 0.6 is 0 Å². The molecule has 20 heavy (non-hydrogen) atoms. The number of hydrogen-bond acceptors (Lipinski definition) is 3. The molecule has 0 saturated heterocycles. The summed E-state index contributed by atoms with van der Waals surface area (Å²) in [4.78, 5) is 10.5. The van der Waals surface area contributed by atoms with Crippen molar-refractivity contribution in [2.75, 3.05) is 34.3 Å². The number of nitrogens with zero attached hydrogens (tertiary/aromatic N) is 1. The predicted molar refractivity (Wildman–Crippen MR) is 78.3 cm³/mol. The number of aromatic carboxylic acids is 1. The van der Waals surface area contributed by atoms with E-state index in [4.69, 9.17) is 5.11 Å². The summed E-state index contributed by atoms with van der Waals surface area (Å²) >= 11 is 0. The number of benzene rings is 2. The van der Waals surface area contributed by atoms with E-state index in [1.165, 1.54) is 0 Å². The Labute approximate surface area is 119 Å². The van der Waals surface area contributed by atoms with Gasteiger partial charge >= 0.3 is 0 Å². The zero-order valence-corrected chi connectivity index (χ0v) is 12.2. The summed E-state index contributed by atoms with van der Waals surface area (Å²) in [5.41, 5.74) is 0.221. The molecule has 4 nitrogen and oxygen atoms in total. The van der Waals surface area contributed by atoms with E-state index in [-0.39, 0.29) is 12.2 Å². The number of rotatable bonds is 3. The Kier molecular flexibility index (Phi) is 5.67. The summed E-state index contributed by atoms with van der Waals surface area (Å²) in [7, 11) is 6.16. The molecular weight excluding hydrogens is 254 g/mol. The lowest BCUT2D eigenvalue weighted by Crippen LogP contribution is -2.36. The third-order valence-corrected chi connectivity index (χ3v) is 2.76. The highest BCUT2D eigenvalue weighted by Crippen LogP contribution is 2.14. The van der Waals surface area contributed by atoms with Crippen LogP contribution in [-0.4, -0.2) is 49.9 Å². The van der Waals surface area contributed by atoms with E-state index >= 15 is 0 Å². The molecule has 0 aliphatic heterocycles. The molecule has 0 atom stereocenters. The van der Waals surface area contributed by atoms with Crippen molar-refractivity contribution in [2.24, 2.45) is 0 Å². The second kappa shape index (κ2) is 7.03. The molecule has 0 amide bonds. The molecule has 0 fully saturated rings. The molecule has 2 aromatic rings. The number of aliphatic hydroxyl groups is 1. The Morgan fingerprint density at radius 2 is 1.70 bits per heavy atom. The number of carbonyl (C=O) groups excluding carboxylic acids is 1. The average molecular weight is 275 g/mol. The van der Waals surface area contributed by atoms with Crippen molar-refractivity contribution in [1.29, 1.82) is 0 Å². The summed E-state index contributed by atoms with van der Waals surface area (Å²) in [6.07, 6.45) is 0. The molecule has 0 aromatic heterocycles. The van der Waals surface area contributed by atoms with Gasteiger partial charge in [0.25, 0.3) is 0 Å². The van der Waals surface area contributed by atoms with Gasteiger partial charge < -0.3 is 19.5 Å². The molecule has 0 unspecified atom stereocenters. The van der Waals surface area contributed by atoms with Crippen LogP contribution in [0.15, 0.2) is 42.5 Å². The standard InChI is InChI=1S/C11H8O2.C5H14NO/c12-11(13)10-6-5-8-3-1-2-4-9(8)7-10;1-6(2,3)4-5-7/h1-7H,(H,12,13);7H,4-5H2,1-3H3/q;+1/p-1. The highest BCUT2D eigenvalue weighted by atomic mass is 16.4. The lowest BCUT2D eigenvalue weighted by atomic mass is 10.1. The molecule has 0 aliphatic carbocycles. The van der Waals surface area contributed by atoms with Crippen LogP contribution < -0.4 is 5.11 Å². The first-order valence-corrected chi connectivity index (χ1v) is 6.45. The van der Waals surface area contributed by atoms with Gasteiger partial charge in [-0.1, -0.05) is 36.4 Å². The molecule has 4 heteroatoms. The minimum absolute atomic E-state index is 0.221. The first kappa shape index (κ1) is 16.1. The lowest BCUT2D eigenvalue weighted by molar-refractivity contribution is -0.870. The third kappa shape index (κ3) is 5.38. The van der Waals surface area contributed by atoms with E-state index in [2.05, 4.69) is 21.1 Å². The minimum atomic E-state index is -1.13. The predicted octanol–water partition coefficient (Wildman–Crippen LogP) is 0.888. The van der Waals surface area contributed by atoms with Gasteiger partial charge in [-0.2, -0.15) is 0 Å². The van der Waals surface area contributed by atoms with E-state index in [1.807, 2.05) is 24.3 Å². The smallest absolute Gasteiger partial charge is 0.101 e. The van der Waals surface area contributed by atoms with Crippen LogP contribution in [0.1, 0.15) is 10.4 Å². The largest absolute Gasteiger partial charge is 0.545 e. The van der Waals surface area contributed by atoms with Gasteiger partial charge in [-0.3, -0.25) is 0 Å². The summed E-state index contributed by atoms with van der Waals surface area (Å²) < 4.78 is 0.844. The van der Waals surface area contributed by atoms with Crippen molar-refractivity contribution in [3.8, 4) is 0 Å². The topological polar surface area (TPSA) is 60.4 Å². The normalized spacial score (nSPS) is 10.8. The molecule has 108 valence electrons. The monoisotopic (exact) mass is 275 g/mol. The second-order valence-electron chi connectivity index (χ2n) is 5.59. The van der Waals surface area contributed by atoms with Gasteiger partial charge in [0.2, 0.25) is 0 Å². The maximum Gasteiger partial charge on any atom is 0.101 e. The minimum Gasteiger partial charge on any atom is -0.545 e. The maximum atomic E-state index is 10.5. The molecule has 2 rings (SSSR count). The van der Waals surface area contributed by atoms with E-state index in [1.54, 1.807) is 18.2 Å². The SMILES string of the molecule is C[N+](C)(C)CCO.O=C([O-])c1ccc2ccccc2c1. The first-order valence-electron chi connectivity index (χ1n) is 6.45. The summed E-state index contributed by atoms with van der Waals surface area (Å²) in [5, 5.41) is 20.9. The van der Waals surface area contributed by atoms with Gasteiger partial charge in [0.05, 0.1) is 33.7 Å². The van der Waals surface area contributed by atoms with Crippen molar-refractivity contribution in [1.82, 2.24) is 0 Å². The molecule has 1 N–H and O–H groups in total. The van der Waals surface area contributed by atoms with Crippen LogP contribution in [0.5, 0.6) is 0 Å². The fraction of sp³-hybridized carbons (Fsp3) is 0.312. The highest BCUT2D eigenvalue weighted by molar-refractivity contribution is 5.93. The molecule has 0 spiro atoms. The number of hydrogen-bond donors (Lipinski definition) is 1. The van der Waals surface area contributed by atoms with Crippen LogP contribution in [0.4, 0.5) is 0 Å². The summed E-state index contributed by atoms with van der Waals surface area (Å²) in [6.45, 7) is 1.11. The number of carboxylic acids is 1. The molecule has 0 bridgehead atoms. The Morgan fingerprint density at radius 1 is 1.10 bits per heavy atom. The second-order valence-corrected chi connectivity index (χ2v) is 5.59. The molecule has 2 aromatic carbocycles. The van der Waals surface area contributed by atoms with Gasteiger partial charge in [0, 0.05) is 0 Å². The number of carbonyl (C=O) groups is 1. The van der Waals surface area contributed by atoms with Crippen LogP contribution in [0.25, 0.3) is 10.8 Å². The lowest BCUT2D eigenvalue weighted by Gasteiger charge is -2.21. The van der Waals surface area contributed by atoms with Crippen LogP contribution in [0.3, 0.4) is 0 Å². The molecular formula is C16H21NO3. The Morgan fingerprint density at radius 3 is 2.15 bits per heavy atom. The zero-order valence-electron chi connectivity index (χ0n) is 12.2. The van der Waals surface area contributed by atoms with Crippen LogP contribution in [-0.2, 0) is 0 Å². The van der Waals surface area contributed by atoms with Crippen LogP contribution in [0, 0.1) is 0 Å². The number of carboxylic acid groups (broad SMARTS) is 1. The fourth-order valence-corrected chi connectivity index (χ4v) is 1.62. The Hall–Kier alpha value is -1.91. The van der Waals surface area contributed by atoms with Gasteiger partial charge in [-0.15, -0.1) is 0 Å².